The monoisotopic (exact) mass is 352 g/mol. The van der Waals surface area contributed by atoms with E-state index < -0.39 is 0 Å². The van der Waals surface area contributed by atoms with E-state index in [1.165, 1.54) is 26.9 Å². The number of hydrogen-bond acceptors (Lipinski definition) is 2. The Hall–Kier alpha value is -2.20. The summed E-state index contributed by atoms with van der Waals surface area (Å²) < 4.78 is 3.35. The lowest BCUT2D eigenvalue weighted by Crippen LogP contribution is -2.16. The number of nitrogens with zero attached hydrogens (tertiary/aromatic N) is 2. The van der Waals surface area contributed by atoms with Crippen molar-refractivity contribution in [1.29, 1.82) is 0 Å². The van der Waals surface area contributed by atoms with Crippen LogP contribution in [-0.2, 0) is 24.2 Å². The minimum atomic E-state index is -0.0904. The Labute approximate surface area is 152 Å². The zero-order valence-electron chi connectivity index (χ0n) is 15.3. The van der Waals surface area contributed by atoms with Crippen LogP contribution in [0.5, 0.6) is 0 Å². The van der Waals surface area contributed by atoms with Gasteiger partial charge in [0.05, 0.1) is 16.6 Å². The molecule has 3 nitrogen and oxygen atoms in total. The van der Waals surface area contributed by atoms with Crippen LogP contribution >= 0.6 is 11.3 Å². The van der Waals surface area contributed by atoms with Gasteiger partial charge >= 0.3 is 0 Å². The van der Waals surface area contributed by atoms with Gasteiger partial charge in [-0.1, -0.05) is 48.6 Å². The summed E-state index contributed by atoms with van der Waals surface area (Å²) in [6.07, 6.45) is 1.36. The van der Waals surface area contributed by atoms with Gasteiger partial charge in [0.15, 0.2) is 4.80 Å². The van der Waals surface area contributed by atoms with Crippen molar-refractivity contribution in [2.75, 3.05) is 0 Å². The lowest BCUT2D eigenvalue weighted by Gasteiger charge is -2.03. The molecule has 0 unspecified atom stereocenters. The van der Waals surface area contributed by atoms with Gasteiger partial charge in [-0.15, -0.1) is 0 Å². The lowest BCUT2D eigenvalue weighted by atomic mass is 10.1. The minimum Gasteiger partial charge on any atom is -0.317 e. The topological polar surface area (TPSA) is 34.4 Å². The largest absolute Gasteiger partial charge is 0.317 e. The molecule has 4 heteroatoms. The van der Waals surface area contributed by atoms with Gasteiger partial charge in [0.25, 0.3) is 5.91 Å². The van der Waals surface area contributed by atoms with Crippen molar-refractivity contribution in [3.05, 3.63) is 63.5 Å². The van der Waals surface area contributed by atoms with Crippen LogP contribution in [0, 0.1) is 13.8 Å². The molecule has 0 N–H and O–H groups in total. The summed E-state index contributed by atoms with van der Waals surface area (Å²) in [4.78, 5) is 17.7. The van der Waals surface area contributed by atoms with Crippen molar-refractivity contribution < 1.29 is 4.79 Å². The van der Waals surface area contributed by atoms with Gasteiger partial charge in [0, 0.05) is 6.54 Å². The van der Waals surface area contributed by atoms with Crippen LogP contribution in [0.15, 0.2) is 41.4 Å². The second-order valence-corrected chi connectivity index (χ2v) is 7.39. The van der Waals surface area contributed by atoms with Crippen molar-refractivity contribution in [2.24, 2.45) is 4.99 Å². The van der Waals surface area contributed by atoms with E-state index in [-0.39, 0.29) is 5.91 Å². The van der Waals surface area contributed by atoms with Crippen LogP contribution in [0.4, 0.5) is 0 Å². The molecule has 2 aromatic carbocycles. The summed E-state index contributed by atoms with van der Waals surface area (Å²) in [5, 5.41) is 0. The Bertz CT molecular complexity index is 978. The molecule has 3 aromatic rings. The van der Waals surface area contributed by atoms with Crippen molar-refractivity contribution in [3.8, 4) is 0 Å². The molecule has 0 spiro atoms. The molecule has 0 saturated heterocycles. The first kappa shape index (κ1) is 17.6. The summed E-state index contributed by atoms with van der Waals surface area (Å²) in [6, 6.07) is 12.6. The fourth-order valence-corrected chi connectivity index (χ4v) is 4.28. The number of carbonyl (C=O) groups excluding carboxylic acids is 1. The number of benzene rings is 2. The lowest BCUT2D eigenvalue weighted by molar-refractivity contribution is -0.117. The summed E-state index contributed by atoms with van der Waals surface area (Å²) in [7, 11) is 0. The molecule has 0 saturated carbocycles. The number of thiazole rings is 1. The maximum absolute atomic E-state index is 12.5. The Morgan fingerprint density at radius 2 is 1.76 bits per heavy atom. The van der Waals surface area contributed by atoms with Crippen LogP contribution in [0.1, 0.15) is 36.1 Å². The molecular formula is C21H24N2OS. The van der Waals surface area contributed by atoms with Gasteiger partial charge in [-0.25, -0.2) is 0 Å². The molecule has 0 radical (unpaired) electrons. The molecule has 1 amide bonds. The maximum Gasteiger partial charge on any atom is 0.252 e. The second-order valence-electron chi connectivity index (χ2n) is 6.41. The van der Waals surface area contributed by atoms with Gasteiger partial charge in [-0.2, -0.15) is 4.99 Å². The van der Waals surface area contributed by atoms with Crippen molar-refractivity contribution >= 4 is 27.5 Å². The highest BCUT2D eigenvalue weighted by atomic mass is 32.1. The number of hydrogen-bond donors (Lipinski definition) is 0. The number of fused-ring (bicyclic) bond motifs is 1. The quantitative estimate of drug-likeness (QED) is 0.677. The van der Waals surface area contributed by atoms with Crippen LogP contribution in [0.2, 0.25) is 0 Å². The molecule has 130 valence electrons. The molecular weight excluding hydrogens is 328 g/mol. The molecule has 1 heterocycles. The molecule has 3 rings (SSSR count). The fraction of sp³-hybridized carbons (Fsp3) is 0.333. The Morgan fingerprint density at radius 3 is 2.40 bits per heavy atom. The molecule has 0 aliphatic rings. The zero-order chi connectivity index (χ0) is 18.0. The van der Waals surface area contributed by atoms with Crippen LogP contribution in [0.25, 0.3) is 10.2 Å². The van der Waals surface area contributed by atoms with E-state index in [0.717, 1.165) is 23.3 Å². The summed E-state index contributed by atoms with van der Waals surface area (Å²) >= 11 is 1.60. The van der Waals surface area contributed by atoms with E-state index in [1.807, 2.05) is 12.1 Å². The summed E-state index contributed by atoms with van der Waals surface area (Å²) in [5.41, 5.74) is 5.95. The van der Waals surface area contributed by atoms with Crippen molar-refractivity contribution in [1.82, 2.24) is 4.57 Å². The first-order chi connectivity index (χ1) is 12.0. The fourth-order valence-electron chi connectivity index (χ4n) is 3.12. The standard InChI is InChI=1S/C21H24N2OS/c1-5-16-7-9-17(10-8-16)13-19(24)22-21-23(6-2)18-12-14(3)11-15(4)20(18)25-21/h7-12H,5-6,13H2,1-4H3. The van der Waals surface area contributed by atoms with E-state index in [2.05, 4.69) is 61.5 Å². The van der Waals surface area contributed by atoms with Gasteiger partial charge in [-0.3, -0.25) is 4.79 Å². The third-order valence-corrected chi connectivity index (χ3v) is 5.67. The second kappa shape index (κ2) is 7.36. The highest BCUT2D eigenvalue weighted by Crippen LogP contribution is 2.23. The van der Waals surface area contributed by atoms with Gasteiger partial charge in [-0.05, 0) is 55.5 Å². The van der Waals surface area contributed by atoms with E-state index in [9.17, 15) is 4.79 Å². The normalized spacial score (nSPS) is 12.1. The Balaban J connectivity index is 1.96. The van der Waals surface area contributed by atoms with E-state index in [0.29, 0.717) is 6.42 Å². The van der Waals surface area contributed by atoms with Gasteiger partial charge in [0.1, 0.15) is 0 Å². The molecule has 0 aliphatic carbocycles. The third-order valence-electron chi connectivity index (χ3n) is 4.44. The predicted molar refractivity (Wildman–Crippen MR) is 105 cm³/mol. The highest BCUT2D eigenvalue weighted by molar-refractivity contribution is 7.16. The molecule has 0 fully saturated rings. The van der Waals surface area contributed by atoms with Crippen molar-refractivity contribution in [3.63, 3.8) is 0 Å². The Kier molecular flexibility index (Phi) is 5.19. The average Bonchev–Trinajstić information content (AvgIpc) is 2.92. The number of aromatic nitrogens is 1. The molecule has 0 aliphatic heterocycles. The van der Waals surface area contributed by atoms with Gasteiger partial charge in [0.2, 0.25) is 0 Å². The summed E-state index contributed by atoms with van der Waals surface area (Å²) in [6.45, 7) is 9.25. The van der Waals surface area contributed by atoms with Crippen LogP contribution < -0.4 is 4.80 Å². The van der Waals surface area contributed by atoms with E-state index in [1.54, 1.807) is 11.3 Å². The van der Waals surface area contributed by atoms with Crippen LogP contribution in [-0.4, -0.2) is 10.5 Å². The Morgan fingerprint density at radius 1 is 1.08 bits per heavy atom. The van der Waals surface area contributed by atoms with E-state index in [4.69, 9.17) is 0 Å². The van der Waals surface area contributed by atoms with Crippen molar-refractivity contribution in [2.45, 2.75) is 47.1 Å². The molecule has 0 atom stereocenters. The summed E-state index contributed by atoms with van der Waals surface area (Å²) in [5.74, 6) is -0.0904. The molecule has 0 bridgehead atoms. The maximum atomic E-state index is 12.5. The minimum absolute atomic E-state index is 0.0904. The first-order valence-electron chi connectivity index (χ1n) is 8.77. The number of amides is 1. The first-order valence-corrected chi connectivity index (χ1v) is 9.59. The zero-order valence-corrected chi connectivity index (χ0v) is 16.1. The van der Waals surface area contributed by atoms with Crippen LogP contribution in [0.3, 0.4) is 0 Å². The number of aryl methyl sites for hydroxylation is 4. The number of rotatable bonds is 4. The predicted octanol–water partition coefficient (Wildman–Crippen LogP) is 4.57. The average molecular weight is 353 g/mol. The number of carbonyl (C=O) groups is 1. The highest BCUT2D eigenvalue weighted by Gasteiger charge is 2.10. The van der Waals surface area contributed by atoms with Gasteiger partial charge < -0.3 is 4.57 Å². The van der Waals surface area contributed by atoms with E-state index >= 15 is 0 Å². The third kappa shape index (κ3) is 3.74. The molecule has 1 aromatic heterocycles. The SMILES string of the molecule is CCc1ccc(CC(=O)N=c2sc3c(C)cc(C)cc3n2CC)cc1. The smallest absolute Gasteiger partial charge is 0.252 e. The molecule has 25 heavy (non-hydrogen) atoms.